The normalized spacial score (nSPS) is 16.9. The van der Waals surface area contributed by atoms with E-state index in [0.717, 1.165) is 6.42 Å². The standard InChI is InChI=1S/C12H15FN2O/c1-2-12(6-7-12)8-14-11(16)9-4-3-5-10(13)15-9/h3-5H,2,6-8H2,1H3,(H,14,16). The molecular formula is C12H15FN2O. The van der Waals surface area contributed by atoms with Crippen LogP contribution in [0.1, 0.15) is 36.7 Å². The van der Waals surface area contributed by atoms with Crippen LogP contribution in [0, 0.1) is 11.4 Å². The molecule has 0 bridgehead atoms. The summed E-state index contributed by atoms with van der Waals surface area (Å²) in [5.41, 5.74) is 0.440. The lowest BCUT2D eigenvalue weighted by Crippen LogP contribution is -2.30. The summed E-state index contributed by atoms with van der Waals surface area (Å²) in [6.45, 7) is 2.79. The number of nitrogens with zero attached hydrogens (tertiary/aromatic N) is 1. The lowest BCUT2D eigenvalue weighted by molar-refractivity contribution is 0.0938. The average Bonchev–Trinajstić information content (AvgIpc) is 3.07. The molecule has 0 aliphatic heterocycles. The van der Waals surface area contributed by atoms with Crippen LogP contribution in [0.4, 0.5) is 4.39 Å². The molecule has 2 rings (SSSR count). The van der Waals surface area contributed by atoms with E-state index in [1.165, 1.54) is 31.0 Å². The minimum atomic E-state index is -0.621. The number of halogens is 1. The number of hydrogen-bond acceptors (Lipinski definition) is 2. The Morgan fingerprint density at radius 3 is 2.88 bits per heavy atom. The summed E-state index contributed by atoms with van der Waals surface area (Å²) < 4.78 is 12.8. The van der Waals surface area contributed by atoms with Crippen molar-refractivity contribution in [2.75, 3.05) is 6.54 Å². The minimum Gasteiger partial charge on any atom is -0.350 e. The first-order valence-electron chi connectivity index (χ1n) is 5.56. The second-order valence-electron chi connectivity index (χ2n) is 4.38. The van der Waals surface area contributed by atoms with Crippen LogP contribution in [-0.2, 0) is 0 Å². The van der Waals surface area contributed by atoms with Gasteiger partial charge in [0.25, 0.3) is 5.91 Å². The summed E-state index contributed by atoms with van der Waals surface area (Å²) >= 11 is 0. The smallest absolute Gasteiger partial charge is 0.270 e. The third-order valence-corrected chi connectivity index (χ3v) is 3.28. The van der Waals surface area contributed by atoms with Gasteiger partial charge in [0.1, 0.15) is 5.69 Å². The van der Waals surface area contributed by atoms with Crippen LogP contribution in [0.2, 0.25) is 0 Å². The fourth-order valence-corrected chi connectivity index (χ4v) is 1.73. The Morgan fingerprint density at radius 1 is 1.56 bits per heavy atom. The molecule has 4 heteroatoms. The van der Waals surface area contributed by atoms with E-state index in [1.54, 1.807) is 0 Å². The van der Waals surface area contributed by atoms with Crippen molar-refractivity contribution in [3.63, 3.8) is 0 Å². The molecule has 0 aromatic carbocycles. The largest absolute Gasteiger partial charge is 0.350 e. The van der Waals surface area contributed by atoms with E-state index in [9.17, 15) is 9.18 Å². The first kappa shape index (κ1) is 11.0. The number of carbonyl (C=O) groups is 1. The molecule has 1 fully saturated rings. The minimum absolute atomic E-state index is 0.145. The predicted octanol–water partition coefficient (Wildman–Crippen LogP) is 2.14. The molecule has 1 aromatic heterocycles. The zero-order valence-electron chi connectivity index (χ0n) is 9.29. The van der Waals surface area contributed by atoms with Crippen molar-refractivity contribution in [2.45, 2.75) is 26.2 Å². The van der Waals surface area contributed by atoms with Gasteiger partial charge in [0, 0.05) is 6.54 Å². The van der Waals surface area contributed by atoms with Crippen LogP contribution in [-0.4, -0.2) is 17.4 Å². The van der Waals surface area contributed by atoms with Gasteiger partial charge in [0.15, 0.2) is 0 Å². The van der Waals surface area contributed by atoms with E-state index in [4.69, 9.17) is 0 Å². The highest BCUT2D eigenvalue weighted by molar-refractivity contribution is 5.92. The summed E-state index contributed by atoms with van der Waals surface area (Å²) in [6.07, 6.45) is 3.41. The van der Waals surface area contributed by atoms with Crippen molar-refractivity contribution in [2.24, 2.45) is 5.41 Å². The van der Waals surface area contributed by atoms with Crippen LogP contribution in [0.3, 0.4) is 0 Å². The number of hydrogen-bond donors (Lipinski definition) is 1. The van der Waals surface area contributed by atoms with E-state index < -0.39 is 5.95 Å². The summed E-state index contributed by atoms with van der Waals surface area (Å²) in [6, 6.07) is 4.24. The van der Waals surface area contributed by atoms with Crippen LogP contribution in [0.15, 0.2) is 18.2 Å². The van der Waals surface area contributed by atoms with Gasteiger partial charge < -0.3 is 5.32 Å². The van der Waals surface area contributed by atoms with Gasteiger partial charge in [-0.2, -0.15) is 4.39 Å². The van der Waals surface area contributed by atoms with Gasteiger partial charge in [0.2, 0.25) is 5.95 Å². The molecular weight excluding hydrogens is 207 g/mol. The number of pyridine rings is 1. The number of aromatic nitrogens is 1. The monoisotopic (exact) mass is 222 g/mol. The lowest BCUT2D eigenvalue weighted by atomic mass is 10.0. The average molecular weight is 222 g/mol. The Labute approximate surface area is 94.1 Å². The number of carbonyl (C=O) groups excluding carboxylic acids is 1. The molecule has 1 saturated carbocycles. The molecule has 0 spiro atoms. The highest BCUT2D eigenvalue weighted by Gasteiger charge is 2.40. The molecule has 0 radical (unpaired) electrons. The number of rotatable bonds is 4. The topological polar surface area (TPSA) is 42.0 Å². The van der Waals surface area contributed by atoms with Crippen molar-refractivity contribution in [3.8, 4) is 0 Å². The summed E-state index contributed by atoms with van der Waals surface area (Å²) in [7, 11) is 0. The first-order valence-corrected chi connectivity index (χ1v) is 5.56. The van der Waals surface area contributed by atoms with Gasteiger partial charge in [-0.1, -0.05) is 13.0 Å². The Balaban J connectivity index is 1.93. The second-order valence-corrected chi connectivity index (χ2v) is 4.38. The molecule has 1 heterocycles. The molecule has 86 valence electrons. The van der Waals surface area contributed by atoms with Crippen LogP contribution in [0.25, 0.3) is 0 Å². The highest BCUT2D eigenvalue weighted by atomic mass is 19.1. The molecule has 0 saturated heterocycles. The zero-order chi connectivity index (χ0) is 11.6. The summed E-state index contributed by atoms with van der Waals surface area (Å²) in [4.78, 5) is 15.2. The van der Waals surface area contributed by atoms with Crippen molar-refractivity contribution < 1.29 is 9.18 Å². The fourth-order valence-electron chi connectivity index (χ4n) is 1.73. The summed E-state index contributed by atoms with van der Waals surface area (Å²) in [5.74, 6) is -0.913. The first-order chi connectivity index (χ1) is 7.65. The quantitative estimate of drug-likeness (QED) is 0.793. The molecule has 0 unspecified atom stereocenters. The lowest BCUT2D eigenvalue weighted by Gasteiger charge is -2.12. The van der Waals surface area contributed by atoms with Crippen LogP contribution < -0.4 is 5.32 Å². The second kappa shape index (κ2) is 4.20. The van der Waals surface area contributed by atoms with Crippen molar-refractivity contribution in [3.05, 3.63) is 29.8 Å². The van der Waals surface area contributed by atoms with Crippen molar-refractivity contribution >= 4 is 5.91 Å². The molecule has 1 amide bonds. The van der Waals surface area contributed by atoms with E-state index >= 15 is 0 Å². The molecule has 3 nitrogen and oxygen atoms in total. The fraction of sp³-hybridized carbons (Fsp3) is 0.500. The van der Waals surface area contributed by atoms with Gasteiger partial charge in [-0.3, -0.25) is 4.79 Å². The van der Waals surface area contributed by atoms with E-state index in [1.807, 2.05) is 0 Å². The maximum atomic E-state index is 12.8. The van der Waals surface area contributed by atoms with Crippen molar-refractivity contribution in [1.82, 2.24) is 10.3 Å². The van der Waals surface area contributed by atoms with Gasteiger partial charge in [0.05, 0.1) is 0 Å². The molecule has 1 N–H and O–H groups in total. The van der Waals surface area contributed by atoms with Crippen LogP contribution >= 0.6 is 0 Å². The van der Waals surface area contributed by atoms with Crippen molar-refractivity contribution in [1.29, 1.82) is 0 Å². The molecule has 0 atom stereocenters. The number of nitrogens with one attached hydrogen (secondary N) is 1. The molecule has 1 aliphatic rings. The van der Waals surface area contributed by atoms with Gasteiger partial charge in [-0.05, 0) is 36.8 Å². The third-order valence-electron chi connectivity index (χ3n) is 3.28. The van der Waals surface area contributed by atoms with Gasteiger partial charge in [-0.25, -0.2) is 4.98 Å². The van der Waals surface area contributed by atoms with Gasteiger partial charge in [-0.15, -0.1) is 0 Å². The SMILES string of the molecule is CCC1(CNC(=O)c2cccc(F)n2)CC1. The predicted molar refractivity (Wildman–Crippen MR) is 58.5 cm³/mol. The highest BCUT2D eigenvalue weighted by Crippen LogP contribution is 2.47. The third kappa shape index (κ3) is 2.38. The maximum absolute atomic E-state index is 12.8. The van der Waals surface area contributed by atoms with E-state index in [-0.39, 0.29) is 11.6 Å². The summed E-state index contributed by atoms with van der Waals surface area (Å²) in [5, 5.41) is 2.81. The Bertz CT molecular complexity index is 402. The Hall–Kier alpha value is -1.45. The molecule has 1 aromatic rings. The Kier molecular flexibility index (Phi) is 2.90. The Morgan fingerprint density at radius 2 is 2.31 bits per heavy atom. The van der Waals surface area contributed by atoms with E-state index in [0.29, 0.717) is 12.0 Å². The maximum Gasteiger partial charge on any atom is 0.270 e. The molecule has 16 heavy (non-hydrogen) atoms. The van der Waals surface area contributed by atoms with Gasteiger partial charge >= 0.3 is 0 Å². The van der Waals surface area contributed by atoms with E-state index in [2.05, 4.69) is 17.2 Å². The number of amides is 1. The zero-order valence-corrected chi connectivity index (χ0v) is 9.29. The van der Waals surface area contributed by atoms with Crippen LogP contribution in [0.5, 0.6) is 0 Å². The molecule has 1 aliphatic carbocycles.